The van der Waals surface area contributed by atoms with Crippen molar-refractivity contribution < 1.29 is 9.05 Å². The molecule has 1 rings (SSSR count). The maximum Gasteiger partial charge on any atom is 0.173 e. The Morgan fingerprint density at radius 3 is 1.88 bits per heavy atom. The van der Waals surface area contributed by atoms with Crippen molar-refractivity contribution in [2.24, 2.45) is 0 Å². The molecule has 0 unspecified atom stereocenters. The van der Waals surface area contributed by atoms with Crippen LogP contribution in [0.1, 0.15) is 65.2 Å². The Morgan fingerprint density at radius 2 is 1.44 bits per heavy atom. The maximum absolute atomic E-state index is 5.96. The van der Waals surface area contributed by atoms with Gasteiger partial charge in [0, 0.05) is 5.66 Å². The first-order valence-electron chi connectivity index (χ1n) is 6.93. The molecule has 2 nitrogen and oxygen atoms in total. The summed E-state index contributed by atoms with van der Waals surface area (Å²) in [4.78, 5) is 0. The van der Waals surface area contributed by atoms with Crippen LogP contribution in [-0.4, -0.2) is 18.9 Å². The minimum atomic E-state index is -0.585. The van der Waals surface area contributed by atoms with Crippen molar-refractivity contribution in [2.75, 3.05) is 13.2 Å². The first kappa shape index (κ1) is 14.4. The van der Waals surface area contributed by atoms with Crippen LogP contribution in [0.3, 0.4) is 0 Å². The zero-order chi connectivity index (χ0) is 11.6. The molecule has 0 bridgehead atoms. The van der Waals surface area contributed by atoms with Gasteiger partial charge < -0.3 is 9.05 Å². The van der Waals surface area contributed by atoms with Gasteiger partial charge in [-0.2, -0.15) is 0 Å². The summed E-state index contributed by atoms with van der Waals surface area (Å²) < 4.78 is 11.9. The van der Waals surface area contributed by atoms with E-state index >= 15 is 0 Å². The zero-order valence-corrected chi connectivity index (χ0v) is 11.8. The molecule has 1 fully saturated rings. The summed E-state index contributed by atoms with van der Waals surface area (Å²) in [5.41, 5.74) is 0.726. The lowest BCUT2D eigenvalue weighted by Crippen LogP contribution is -2.06. The van der Waals surface area contributed by atoms with Crippen molar-refractivity contribution in [1.82, 2.24) is 0 Å². The highest BCUT2D eigenvalue weighted by molar-refractivity contribution is 7.48. The van der Waals surface area contributed by atoms with Crippen molar-refractivity contribution in [2.45, 2.75) is 70.9 Å². The van der Waals surface area contributed by atoms with E-state index in [0.29, 0.717) is 0 Å². The van der Waals surface area contributed by atoms with Crippen LogP contribution in [0.4, 0.5) is 0 Å². The molecule has 0 saturated heterocycles. The Balaban J connectivity index is 2.22. The molecule has 1 saturated carbocycles. The molecule has 1 aliphatic rings. The van der Waals surface area contributed by atoms with Crippen LogP contribution in [0.2, 0.25) is 0 Å². The third kappa shape index (κ3) is 5.61. The molecule has 16 heavy (non-hydrogen) atoms. The van der Waals surface area contributed by atoms with Crippen LogP contribution in [0.25, 0.3) is 0 Å². The van der Waals surface area contributed by atoms with E-state index in [1.54, 1.807) is 0 Å². The lowest BCUT2D eigenvalue weighted by molar-refractivity contribution is 0.236. The molecule has 96 valence electrons. The highest BCUT2D eigenvalue weighted by Gasteiger charge is 2.27. The zero-order valence-electron chi connectivity index (χ0n) is 10.9. The SMILES string of the molecule is CCCCOP(OCCCC)C1CCCC1. The average Bonchev–Trinajstić information content (AvgIpc) is 2.81. The predicted molar refractivity (Wildman–Crippen MR) is 70.9 cm³/mol. The topological polar surface area (TPSA) is 18.5 Å². The van der Waals surface area contributed by atoms with E-state index in [1.165, 1.54) is 51.4 Å². The van der Waals surface area contributed by atoms with E-state index in [2.05, 4.69) is 13.8 Å². The fourth-order valence-electron chi connectivity index (χ4n) is 1.96. The van der Waals surface area contributed by atoms with Gasteiger partial charge in [-0.25, -0.2) is 0 Å². The minimum absolute atomic E-state index is 0.585. The quantitative estimate of drug-likeness (QED) is 0.426. The number of unbranched alkanes of at least 4 members (excludes halogenated alkanes) is 2. The van der Waals surface area contributed by atoms with Crippen LogP contribution in [0.5, 0.6) is 0 Å². The van der Waals surface area contributed by atoms with Crippen molar-refractivity contribution in [3.63, 3.8) is 0 Å². The Bertz CT molecular complexity index is 148. The summed E-state index contributed by atoms with van der Waals surface area (Å²) >= 11 is 0. The first-order valence-corrected chi connectivity index (χ1v) is 8.18. The fourth-order valence-corrected chi connectivity index (χ4v) is 3.86. The monoisotopic (exact) mass is 246 g/mol. The van der Waals surface area contributed by atoms with Crippen LogP contribution in [0.15, 0.2) is 0 Å². The normalized spacial score (nSPS) is 17.4. The van der Waals surface area contributed by atoms with Crippen molar-refractivity contribution in [3.8, 4) is 0 Å². The van der Waals surface area contributed by atoms with Crippen molar-refractivity contribution >= 4 is 8.38 Å². The second-order valence-electron chi connectivity index (χ2n) is 4.60. The van der Waals surface area contributed by atoms with Gasteiger partial charge in [0.25, 0.3) is 0 Å². The van der Waals surface area contributed by atoms with Gasteiger partial charge in [0.05, 0.1) is 13.2 Å². The molecule has 0 aromatic carbocycles. The van der Waals surface area contributed by atoms with Gasteiger partial charge in [-0.1, -0.05) is 39.5 Å². The number of hydrogen-bond donors (Lipinski definition) is 0. The van der Waals surface area contributed by atoms with Crippen molar-refractivity contribution in [1.29, 1.82) is 0 Å². The summed E-state index contributed by atoms with van der Waals surface area (Å²) in [5.74, 6) is 0. The number of hydrogen-bond acceptors (Lipinski definition) is 2. The smallest absolute Gasteiger partial charge is 0.173 e. The summed E-state index contributed by atoms with van der Waals surface area (Å²) in [6.07, 6.45) is 10.2. The second kappa shape index (κ2) is 9.39. The average molecular weight is 246 g/mol. The summed E-state index contributed by atoms with van der Waals surface area (Å²) in [6, 6.07) is 0. The lowest BCUT2D eigenvalue weighted by Gasteiger charge is -2.22. The minimum Gasteiger partial charge on any atom is -0.334 e. The van der Waals surface area contributed by atoms with Crippen LogP contribution in [-0.2, 0) is 9.05 Å². The maximum atomic E-state index is 5.96. The van der Waals surface area contributed by atoms with Gasteiger partial charge in [-0.05, 0) is 25.7 Å². The highest BCUT2D eigenvalue weighted by atomic mass is 31.2. The molecular weight excluding hydrogens is 219 g/mol. The molecule has 0 aromatic heterocycles. The van der Waals surface area contributed by atoms with Crippen LogP contribution in [0, 0.1) is 0 Å². The van der Waals surface area contributed by atoms with Gasteiger partial charge in [-0.15, -0.1) is 0 Å². The molecule has 1 aliphatic carbocycles. The summed E-state index contributed by atoms with van der Waals surface area (Å²) in [7, 11) is -0.585. The molecule has 0 aromatic rings. The molecule has 0 radical (unpaired) electrons. The van der Waals surface area contributed by atoms with Gasteiger partial charge in [0.2, 0.25) is 0 Å². The fraction of sp³-hybridized carbons (Fsp3) is 1.00. The first-order chi connectivity index (χ1) is 7.88. The summed E-state index contributed by atoms with van der Waals surface area (Å²) in [5, 5.41) is 0. The largest absolute Gasteiger partial charge is 0.334 e. The number of rotatable bonds is 9. The third-order valence-electron chi connectivity index (χ3n) is 3.06. The van der Waals surface area contributed by atoms with E-state index in [0.717, 1.165) is 18.9 Å². The second-order valence-corrected chi connectivity index (χ2v) is 6.41. The standard InChI is InChI=1S/C13H27O2P/c1-3-5-11-14-16(15-12-6-4-2)13-9-7-8-10-13/h13H,3-12H2,1-2H3. The van der Waals surface area contributed by atoms with E-state index < -0.39 is 8.38 Å². The van der Waals surface area contributed by atoms with Gasteiger partial charge in [-0.3, -0.25) is 0 Å². The Hall–Kier alpha value is 0.350. The Morgan fingerprint density at radius 1 is 0.938 bits per heavy atom. The Labute approximate surface area is 102 Å². The third-order valence-corrected chi connectivity index (χ3v) is 5.04. The molecular formula is C13H27O2P. The van der Waals surface area contributed by atoms with Gasteiger partial charge in [0.15, 0.2) is 8.38 Å². The lowest BCUT2D eigenvalue weighted by atomic mass is 10.4. The van der Waals surface area contributed by atoms with Gasteiger partial charge >= 0.3 is 0 Å². The van der Waals surface area contributed by atoms with E-state index in [9.17, 15) is 0 Å². The molecule has 0 atom stereocenters. The molecule has 0 heterocycles. The molecule has 0 spiro atoms. The van der Waals surface area contributed by atoms with Crippen LogP contribution >= 0.6 is 8.38 Å². The van der Waals surface area contributed by atoms with E-state index in [-0.39, 0.29) is 0 Å². The van der Waals surface area contributed by atoms with Gasteiger partial charge in [0.1, 0.15) is 0 Å². The van der Waals surface area contributed by atoms with E-state index in [1.807, 2.05) is 0 Å². The molecule has 0 aliphatic heterocycles. The highest BCUT2D eigenvalue weighted by Crippen LogP contribution is 2.50. The van der Waals surface area contributed by atoms with E-state index in [4.69, 9.17) is 9.05 Å². The molecule has 3 heteroatoms. The van der Waals surface area contributed by atoms with Crippen molar-refractivity contribution in [3.05, 3.63) is 0 Å². The molecule has 0 N–H and O–H groups in total. The predicted octanol–water partition coefficient (Wildman–Crippen LogP) is 4.87. The molecule has 0 amide bonds. The Kier molecular flexibility index (Phi) is 8.46. The van der Waals surface area contributed by atoms with Crippen LogP contribution < -0.4 is 0 Å². The summed E-state index contributed by atoms with van der Waals surface area (Å²) in [6.45, 7) is 6.20.